The average molecular weight is 402 g/mol. The van der Waals surface area contributed by atoms with Crippen LogP contribution in [0.2, 0.25) is 0 Å². The van der Waals surface area contributed by atoms with Crippen molar-refractivity contribution in [3.63, 3.8) is 0 Å². The maximum absolute atomic E-state index is 12.9. The van der Waals surface area contributed by atoms with E-state index >= 15 is 0 Å². The van der Waals surface area contributed by atoms with Gasteiger partial charge in [-0.3, -0.25) is 9.97 Å². The number of alkyl halides is 3. The SMILES string of the molecule is CC.FC(F)(F)c1cncc(-c2ccc3nc(Nc4ccncc4)sc3c2)c1. The third kappa shape index (κ3) is 4.45. The summed E-state index contributed by atoms with van der Waals surface area (Å²) in [7, 11) is 0. The van der Waals surface area contributed by atoms with Crippen molar-refractivity contribution in [3.8, 4) is 11.1 Å². The molecule has 0 unspecified atom stereocenters. The first kappa shape index (κ1) is 19.8. The molecule has 0 spiro atoms. The zero-order chi connectivity index (χ0) is 20.1. The maximum Gasteiger partial charge on any atom is 0.417 e. The molecule has 0 radical (unpaired) electrons. The van der Waals surface area contributed by atoms with E-state index in [1.54, 1.807) is 24.5 Å². The second-order valence-corrected chi connectivity index (χ2v) is 6.55. The first-order valence-electron chi connectivity index (χ1n) is 8.59. The summed E-state index contributed by atoms with van der Waals surface area (Å²) in [6.07, 6.45) is 1.18. The molecule has 3 heterocycles. The zero-order valence-corrected chi connectivity index (χ0v) is 16.0. The fraction of sp³-hybridized carbons (Fsp3) is 0.150. The van der Waals surface area contributed by atoms with E-state index in [0.29, 0.717) is 16.3 Å². The summed E-state index contributed by atoms with van der Waals surface area (Å²) in [6.45, 7) is 4.00. The van der Waals surface area contributed by atoms with Crippen molar-refractivity contribution in [2.45, 2.75) is 20.0 Å². The molecule has 0 fully saturated rings. The van der Waals surface area contributed by atoms with Crippen molar-refractivity contribution in [1.82, 2.24) is 15.0 Å². The van der Waals surface area contributed by atoms with Gasteiger partial charge >= 0.3 is 6.18 Å². The molecule has 3 aromatic heterocycles. The Kier molecular flexibility index (Phi) is 5.89. The monoisotopic (exact) mass is 402 g/mol. The van der Waals surface area contributed by atoms with Gasteiger partial charge in [-0.25, -0.2) is 4.98 Å². The van der Waals surface area contributed by atoms with Crippen LogP contribution in [0, 0.1) is 0 Å². The summed E-state index contributed by atoms with van der Waals surface area (Å²) < 4.78 is 39.5. The second kappa shape index (κ2) is 8.35. The lowest BCUT2D eigenvalue weighted by atomic mass is 10.1. The quantitative estimate of drug-likeness (QED) is 0.423. The molecule has 8 heteroatoms. The minimum Gasteiger partial charge on any atom is -0.331 e. The van der Waals surface area contributed by atoms with Crippen LogP contribution in [0.15, 0.2) is 61.2 Å². The molecule has 0 saturated heterocycles. The van der Waals surface area contributed by atoms with Gasteiger partial charge in [0.25, 0.3) is 0 Å². The number of anilines is 2. The van der Waals surface area contributed by atoms with Gasteiger partial charge in [0.1, 0.15) is 0 Å². The molecular weight excluding hydrogens is 385 g/mol. The van der Waals surface area contributed by atoms with E-state index in [0.717, 1.165) is 28.2 Å². The molecule has 0 aliphatic carbocycles. The van der Waals surface area contributed by atoms with E-state index in [-0.39, 0.29) is 0 Å². The van der Waals surface area contributed by atoms with Gasteiger partial charge in [0.15, 0.2) is 5.13 Å². The lowest BCUT2D eigenvalue weighted by Crippen LogP contribution is -2.05. The van der Waals surface area contributed by atoms with E-state index in [2.05, 4.69) is 20.3 Å². The van der Waals surface area contributed by atoms with Gasteiger partial charge in [-0.15, -0.1) is 0 Å². The molecular formula is C20H17F3N4S. The van der Waals surface area contributed by atoms with Crippen LogP contribution in [0.1, 0.15) is 19.4 Å². The number of hydrogen-bond donors (Lipinski definition) is 1. The number of benzene rings is 1. The van der Waals surface area contributed by atoms with Gasteiger partial charge in [0.2, 0.25) is 0 Å². The van der Waals surface area contributed by atoms with Gasteiger partial charge in [-0.1, -0.05) is 31.3 Å². The minimum atomic E-state index is -4.42. The van der Waals surface area contributed by atoms with Crippen molar-refractivity contribution >= 4 is 32.4 Å². The summed E-state index contributed by atoms with van der Waals surface area (Å²) in [5, 5.41) is 3.89. The van der Waals surface area contributed by atoms with E-state index < -0.39 is 11.7 Å². The number of halogens is 3. The van der Waals surface area contributed by atoms with Gasteiger partial charge < -0.3 is 5.32 Å². The van der Waals surface area contributed by atoms with Crippen LogP contribution in [0.5, 0.6) is 0 Å². The lowest BCUT2D eigenvalue weighted by molar-refractivity contribution is -0.137. The molecule has 144 valence electrons. The molecule has 0 aliphatic rings. The van der Waals surface area contributed by atoms with Crippen LogP contribution in [0.3, 0.4) is 0 Å². The van der Waals surface area contributed by atoms with E-state index in [9.17, 15) is 13.2 Å². The average Bonchev–Trinajstić information content (AvgIpc) is 3.11. The summed E-state index contributed by atoms with van der Waals surface area (Å²) in [6, 6.07) is 10.1. The molecule has 0 aliphatic heterocycles. The number of aromatic nitrogens is 3. The maximum atomic E-state index is 12.9. The Morgan fingerprint density at radius 1 is 0.893 bits per heavy atom. The first-order chi connectivity index (χ1) is 13.5. The van der Waals surface area contributed by atoms with Crippen LogP contribution in [-0.2, 0) is 6.18 Å². The molecule has 4 aromatic rings. The standard InChI is InChI=1S/C18H11F3N4S.C2H6/c19-18(20,21)13-7-12(9-23-10-13)11-1-2-15-16(8-11)26-17(25-15)24-14-3-5-22-6-4-14;1-2/h1-10H,(H,22,24,25);1-2H3. The Hall–Kier alpha value is -3.00. The predicted molar refractivity (Wildman–Crippen MR) is 107 cm³/mol. The van der Waals surface area contributed by atoms with E-state index in [1.807, 2.05) is 32.0 Å². The highest BCUT2D eigenvalue weighted by Gasteiger charge is 2.31. The van der Waals surface area contributed by atoms with E-state index in [4.69, 9.17) is 0 Å². The number of nitrogens with one attached hydrogen (secondary N) is 1. The van der Waals surface area contributed by atoms with Crippen LogP contribution in [-0.4, -0.2) is 15.0 Å². The highest BCUT2D eigenvalue weighted by Crippen LogP contribution is 2.34. The van der Waals surface area contributed by atoms with Crippen LogP contribution < -0.4 is 5.32 Å². The topological polar surface area (TPSA) is 50.7 Å². The number of fused-ring (bicyclic) bond motifs is 1. The smallest absolute Gasteiger partial charge is 0.331 e. The van der Waals surface area contributed by atoms with Gasteiger partial charge in [-0.2, -0.15) is 13.2 Å². The minimum absolute atomic E-state index is 0.416. The Labute approximate surface area is 164 Å². The third-order valence-corrected chi connectivity index (χ3v) is 4.65. The molecule has 4 nitrogen and oxygen atoms in total. The Morgan fingerprint density at radius 2 is 1.64 bits per heavy atom. The van der Waals surface area contributed by atoms with Crippen molar-refractivity contribution in [3.05, 3.63) is 66.7 Å². The third-order valence-electron chi connectivity index (χ3n) is 3.72. The molecule has 0 atom stereocenters. The van der Waals surface area contributed by atoms with Crippen molar-refractivity contribution in [1.29, 1.82) is 0 Å². The number of pyridine rings is 2. The number of hydrogen-bond acceptors (Lipinski definition) is 5. The van der Waals surface area contributed by atoms with Gasteiger partial charge in [0.05, 0.1) is 15.8 Å². The predicted octanol–water partition coefficient (Wildman–Crippen LogP) is 6.54. The molecule has 28 heavy (non-hydrogen) atoms. The highest BCUT2D eigenvalue weighted by atomic mass is 32.1. The van der Waals surface area contributed by atoms with E-state index in [1.165, 1.54) is 17.5 Å². The summed E-state index contributed by atoms with van der Waals surface area (Å²) in [4.78, 5) is 12.2. The summed E-state index contributed by atoms with van der Waals surface area (Å²) in [5.74, 6) is 0. The van der Waals surface area contributed by atoms with Crippen LogP contribution in [0.25, 0.3) is 21.3 Å². The van der Waals surface area contributed by atoms with Gasteiger partial charge in [0, 0.05) is 36.0 Å². The molecule has 0 saturated carbocycles. The van der Waals surface area contributed by atoms with Crippen molar-refractivity contribution in [2.75, 3.05) is 5.32 Å². The first-order valence-corrected chi connectivity index (χ1v) is 9.41. The fourth-order valence-corrected chi connectivity index (χ4v) is 3.39. The van der Waals surface area contributed by atoms with Crippen LogP contribution >= 0.6 is 11.3 Å². The zero-order valence-electron chi connectivity index (χ0n) is 15.2. The lowest BCUT2D eigenvalue weighted by Gasteiger charge is -2.08. The van der Waals surface area contributed by atoms with Crippen molar-refractivity contribution < 1.29 is 13.2 Å². The summed E-state index contributed by atoms with van der Waals surface area (Å²) in [5.41, 5.74) is 1.95. The molecule has 0 bridgehead atoms. The number of thiazole rings is 1. The molecule has 0 amide bonds. The Bertz CT molecular complexity index is 1060. The molecule has 4 rings (SSSR count). The number of nitrogens with zero attached hydrogens (tertiary/aromatic N) is 3. The summed E-state index contributed by atoms with van der Waals surface area (Å²) >= 11 is 1.43. The Balaban J connectivity index is 0.00000109. The number of rotatable bonds is 3. The van der Waals surface area contributed by atoms with Gasteiger partial charge in [-0.05, 0) is 35.9 Å². The van der Waals surface area contributed by atoms with Crippen LogP contribution in [0.4, 0.5) is 24.0 Å². The highest BCUT2D eigenvalue weighted by molar-refractivity contribution is 7.22. The molecule has 1 N–H and O–H groups in total. The second-order valence-electron chi connectivity index (χ2n) is 5.52. The largest absolute Gasteiger partial charge is 0.417 e. The fourth-order valence-electron chi connectivity index (χ4n) is 2.47. The normalized spacial score (nSPS) is 11.0. The molecule has 1 aromatic carbocycles. The Morgan fingerprint density at radius 3 is 2.36 bits per heavy atom. The van der Waals surface area contributed by atoms with Crippen molar-refractivity contribution in [2.24, 2.45) is 0 Å².